The highest BCUT2D eigenvalue weighted by atomic mass is 16.5. The summed E-state index contributed by atoms with van der Waals surface area (Å²) >= 11 is 0. The van der Waals surface area contributed by atoms with Crippen molar-refractivity contribution in [2.45, 2.75) is 18.5 Å². The van der Waals surface area contributed by atoms with Crippen molar-refractivity contribution in [3.05, 3.63) is 53.6 Å². The first-order valence-corrected chi connectivity index (χ1v) is 11.3. The van der Waals surface area contributed by atoms with Gasteiger partial charge in [0.2, 0.25) is 5.91 Å². The smallest absolute Gasteiger partial charge is 0.237 e. The number of ether oxygens (including phenoxy) is 1. The van der Waals surface area contributed by atoms with E-state index in [0.29, 0.717) is 31.9 Å². The van der Waals surface area contributed by atoms with Gasteiger partial charge in [0.25, 0.3) is 0 Å². The normalized spacial score (nSPS) is 24.9. The van der Waals surface area contributed by atoms with E-state index in [1.54, 1.807) is 0 Å². The highest BCUT2D eigenvalue weighted by Gasteiger charge is 2.45. The molecule has 7 nitrogen and oxygen atoms in total. The van der Waals surface area contributed by atoms with E-state index < -0.39 is 0 Å². The third-order valence-corrected chi connectivity index (χ3v) is 7.00. The summed E-state index contributed by atoms with van der Waals surface area (Å²) < 4.78 is 5.42. The Kier molecular flexibility index (Phi) is 5.83. The van der Waals surface area contributed by atoms with Crippen LogP contribution in [0.25, 0.3) is 11.1 Å². The maximum Gasteiger partial charge on any atom is 0.237 e. The number of amides is 1. The largest absolute Gasteiger partial charge is 0.394 e. The molecule has 2 aromatic carbocycles. The molecule has 0 aromatic heterocycles. The third-order valence-electron chi connectivity index (χ3n) is 7.00. The molecule has 3 aliphatic heterocycles. The number of nitrogens with zero attached hydrogens (tertiary/aromatic N) is 3. The van der Waals surface area contributed by atoms with Crippen LogP contribution in [0.15, 0.2) is 42.5 Å². The van der Waals surface area contributed by atoms with Crippen LogP contribution in [0.1, 0.15) is 23.6 Å². The standard InChI is InChI=1S/C25H28N4O3/c26-14-17-1-3-18(4-2-17)19-5-6-22-21(13-19)25-20(23(16-30)27-22)7-8-29(25)24(31)15-28-9-11-32-12-10-28/h1-6,13,20,23,25,27,30H,7-12,15-16H2/t20-,23+,25-/m0/s1. The van der Waals surface area contributed by atoms with Crippen LogP contribution in [0, 0.1) is 17.2 Å². The monoisotopic (exact) mass is 432 g/mol. The predicted octanol–water partition coefficient (Wildman–Crippen LogP) is 2.23. The van der Waals surface area contributed by atoms with Gasteiger partial charge in [-0.15, -0.1) is 0 Å². The van der Waals surface area contributed by atoms with Crippen molar-refractivity contribution in [3.63, 3.8) is 0 Å². The van der Waals surface area contributed by atoms with Gasteiger partial charge in [-0.1, -0.05) is 18.2 Å². The summed E-state index contributed by atoms with van der Waals surface area (Å²) in [6, 6.07) is 15.9. The van der Waals surface area contributed by atoms with Gasteiger partial charge < -0.3 is 20.1 Å². The number of aliphatic hydroxyl groups excluding tert-OH is 1. The number of fused-ring (bicyclic) bond motifs is 3. The van der Waals surface area contributed by atoms with Crippen molar-refractivity contribution in [2.75, 3.05) is 51.3 Å². The average molecular weight is 433 g/mol. The Morgan fingerprint density at radius 3 is 2.59 bits per heavy atom. The SMILES string of the molecule is N#Cc1ccc(-c2ccc3c(c2)[C@@H]2[C@@H](CCN2C(=O)CN2CCOCC2)[C@@H](CO)N3)cc1. The molecule has 1 amide bonds. The number of morpholine rings is 1. The topological polar surface area (TPSA) is 88.8 Å². The van der Waals surface area contributed by atoms with E-state index in [9.17, 15) is 9.90 Å². The molecule has 3 aliphatic rings. The van der Waals surface area contributed by atoms with E-state index in [4.69, 9.17) is 10.00 Å². The lowest BCUT2D eigenvalue weighted by Crippen LogP contribution is -2.47. The molecule has 0 saturated carbocycles. The molecular formula is C25H28N4O3. The molecule has 5 rings (SSSR count). The lowest BCUT2D eigenvalue weighted by Gasteiger charge is -2.40. The quantitative estimate of drug-likeness (QED) is 0.770. The van der Waals surface area contributed by atoms with Crippen molar-refractivity contribution in [3.8, 4) is 17.2 Å². The van der Waals surface area contributed by atoms with Crippen LogP contribution < -0.4 is 5.32 Å². The number of hydrogen-bond acceptors (Lipinski definition) is 6. The van der Waals surface area contributed by atoms with Gasteiger partial charge in [-0.05, 0) is 47.4 Å². The average Bonchev–Trinajstić information content (AvgIpc) is 3.30. The number of benzene rings is 2. The Labute approximate surface area is 188 Å². The first-order chi connectivity index (χ1) is 15.7. The lowest BCUT2D eigenvalue weighted by atomic mass is 9.82. The molecule has 2 N–H and O–H groups in total. The Balaban J connectivity index is 1.46. The molecule has 0 aliphatic carbocycles. The molecule has 2 aromatic rings. The van der Waals surface area contributed by atoms with Gasteiger partial charge in [-0.3, -0.25) is 9.69 Å². The number of carbonyl (C=O) groups excluding carboxylic acids is 1. The zero-order valence-electron chi connectivity index (χ0n) is 18.0. The molecule has 0 unspecified atom stereocenters. The summed E-state index contributed by atoms with van der Waals surface area (Å²) in [5, 5.41) is 22.6. The highest BCUT2D eigenvalue weighted by Crippen LogP contribution is 2.47. The summed E-state index contributed by atoms with van der Waals surface area (Å²) in [6.07, 6.45) is 0.873. The molecule has 32 heavy (non-hydrogen) atoms. The second-order valence-corrected chi connectivity index (χ2v) is 8.80. The highest BCUT2D eigenvalue weighted by molar-refractivity contribution is 5.80. The predicted molar refractivity (Wildman–Crippen MR) is 121 cm³/mol. The van der Waals surface area contributed by atoms with Crippen molar-refractivity contribution >= 4 is 11.6 Å². The second-order valence-electron chi connectivity index (χ2n) is 8.80. The molecular weight excluding hydrogens is 404 g/mol. The van der Waals surface area contributed by atoms with E-state index >= 15 is 0 Å². The van der Waals surface area contributed by atoms with Gasteiger partial charge in [0.1, 0.15) is 0 Å². The molecule has 0 bridgehead atoms. The van der Waals surface area contributed by atoms with E-state index in [1.807, 2.05) is 35.2 Å². The molecule has 3 heterocycles. The Morgan fingerprint density at radius 2 is 1.88 bits per heavy atom. The minimum absolute atomic E-state index is 0.0451. The summed E-state index contributed by atoms with van der Waals surface area (Å²) in [5.41, 5.74) is 4.82. The number of rotatable bonds is 4. The number of likely N-dealkylation sites (tertiary alicyclic amines) is 1. The van der Waals surface area contributed by atoms with Crippen LogP contribution in [0.4, 0.5) is 5.69 Å². The number of aliphatic hydroxyl groups is 1. The van der Waals surface area contributed by atoms with E-state index in [-0.39, 0.29) is 30.5 Å². The van der Waals surface area contributed by atoms with E-state index in [2.05, 4.69) is 28.4 Å². The molecule has 166 valence electrons. The minimum atomic E-state index is -0.0607. The molecule has 0 radical (unpaired) electrons. The zero-order chi connectivity index (χ0) is 22.1. The molecule has 2 saturated heterocycles. The fourth-order valence-electron chi connectivity index (χ4n) is 5.30. The Morgan fingerprint density at radius 1 is 1.12 bits per heavy atom. The Bertz CT molecular complexity index is 1030. The van der Waals surface area contributed by atoms with Gasteiger partial charge >= 0.3 is 0 Å². The summed E-state index contributed by atoms with van der Waals surface area (Å²) in [4.78, 5) is 17.5. The number of hydrogen-bond donors (Lipinski definition) is 2. The fraction of sp³-hybridized carbons (Fsp3) is 0.440. The maximum atomic E-state index is 13.3. The lowest BCUT2D eigenvalue weighted by molar-refractivity contribution is -0.134. The number of anilines is 1. The molecule has 3 atom stereocenters. The van der Waals surface area contributed by atoms with Gasteiger partial charge in [0.05, 0.1) is 50.1 Å². The van der Waals surface area contributed by atoms with Gasteiger partial charge in [0.15, 0.2) is 0 Å². The number of carbonyl (C=O) groups is 1. The van der Waals surface area contributed by atoms with Crippen LogP contribution in [0.3, 0.4) is 0 Å². The van der Waals surface area contributed by atoms with Gasteiger partial charge in [-0.25, -0.2) is 0 Å². The van der Waals surface area contributed by atoms with Gasteiger partial charge in [-0.2, -0.15) is 5.26 Å². The van der Waals surface area contributed by atoms with Crippen molar-refractivity contribution in [2.24, 2.45) is 5.92 Å². The number of nitrogens with one attached hydrogen (secondary N) is 1. The van der Waals surface area contributed by atoms with Crippen molar-refractivity contribution in [1.82, 2.24) is 9.80 Å². The summed E-state index contributed by atoms with van der Waals surface area (Å²) in [6.45, 7) is 4.08. The zero-order valence-corrected chi connectivity index (χ0v) is 18.0. The van der Waals surface area contributed by atoms with Crippen LogP contribution in [0.2, 0.25) is 0 Å². The first kappa shape index (κ1) is 21.0. The first-order valence-electron chi connectivity index (χ1n) is 11.3. The molecule has 2 fully saturated rings. The molecule has 0 spiro atoms. The van der Waals surface area contributed by atoms with Crippen LogP contribution >= 0.6 is 0 Å². The summed E-state index contributed by atoms with van der Waals surface area (Å²) in [7, 11) is 0. The second kappa shape index (κ2) is 8.91. The molecule has 7 heteroatoms. The van der Waals surface area contributed by atoms with Crippen molar-refractivity contribution in [1.29, 1.82) is 5.26 Å². The Hall–Kier alpha value is -2.92. The van der Waals surface area contributed by atoms with Gasteiger partial charge in [0, 0.05) is 31.2 Å². The third kappa shape index (κ3) is 3.86. The fourth-order valence-corrected chi connectivity index (χ4v) is 5.30. The van der Waals surface area contributed by atoms with Crippen LogP contribution in [0.5, 0.6) is 0 Å². The number of nitriles is 1. The maximum absolute atomic E-state index is 13.3. The van der Waals surface area contributed by atoms with Crippen LogP contribution in [-0.2, 0) is 9.53 Å². The van der Waals surface area contributed by atoms with E-state index in [0.717, 1.165) is 41.9 Å². The van der Waals surface area contributed by atoms with Crippen LogP contribution in [-0.4, -0.2) is 72.9 Å². The van der Waals surface area contributed by atoms with E-state index in [1.165, 1.54) is 0 Å². The summed E-state index contributed by atoms with van der Waals surface area (Å²) in [5.74, 6) is 0.324. The minimum Gasteiger partial charge on any atom is -0.394 e. The van der Waals surface area contributed by atoms with Crippen molar-refractivity contribution < 1.29 is 14.6 Å².